The predicted molar refractivity (Wildman–Crippen MR) is 69.1 cm³/mol. The zero-order chi connectivity index (χ0) is 13.0. The quantitative estimate of drug-likeness (QED) is 0.790. The van der Waals surface area contributed by atoms with Crippen LogP contribution in [0.5, 0.6) is 0 Å². The van der Waals surface area contributed by atoms with Crippen LogP contribution in [0.1, 0.15) is 12.5 Å². The number of nitrogens with two attached hydrogens (primary N) is 1. The van der Waals surface area contributed by atoms with Gasteiger partial charge in [-0.05, 0) is 12.6 Å². The molecule has 1 saturated heterocycles. The summed E-state index contributed by atoms with van der Waals surface area (Å²) >= 11 is 0. The second-order valence-corrected chi connectivity index (χ2v) is 4.50. The summed E-state index contributed by atoms with van der Waals surface area (Å²) < 4.78 is 5.38. The molecular formula is C13H19N3O2. The normalized spacial score (nSPS) is 23.2. The first-order chi connectivity index (χ1) is 8.72. The number of likely N-dealkylation sites (N-methyl/N-ethyl adjacent to an activating group) is 1. The molecule has 1 aromatic rings. The molecule has 5 nitrogen and oxygen atoms in total. The van der Waals surface area contributed by atoms with Crippen molar-refractivity contribution in [2.45, 2.75) is 19.4 Å². The molecule has 2 heterocycles. The van der Waals surface area contributed by atoms with Gasteiger partial charge in [-0.1, -0.05) is 13.0 Å². The molecule has 2 atom stereocenters. The Morgan fingerprint density at radius 1 is 1.61 bits per heavy atom. The number of Topliss-reactive ketones (excluding diaryl/α,β-unsaturated/α-hetero) is 1. The molecule has 0 amide bonds. The van der Waals surface area contributed by atoms with E-state index in [1.165, 1.54) is 0 Å². The topological polar surface area (TPSA) is 77.2 Å². The summed E-state index contributed by atoms with van der Waals surface area (Å²) in [6.07, 6.45) is 1.96. The smallest absolute Gasteiger partial charge is 0.144 e. The van der Waals surface area contributed by atoms with Crippen molar-refractivity contribution in [3.63, 3.8) is 0 Å². The van der Waals surface area contributed by atoms with Crippen LogP contribution in [0.2, 0.25) is 0 Å². The zero-order valence-corrected chi connectivity index (χ0v) is 10.6. The van der Waals surface area contributed by atoms with Gasteiger partial charge in [-0.2, -0.15) is 0 Å². The Hall–Kier alpha value is -1.46. The number of aromatic nitrogens is 1. The van der Waals surface area contributed by atoms with E-state index in [1.807, 2.05) is 13.0 Å². The number of nitrogens with one attached hydrogen (secondary N) is 1. The number of ether oxygens (including phenoxy) is 1. The molecule has 1 aromatic heterocycles. The lowest BCUT2D eigenvalue weighted by Gasteiger charge is -2.17. The van der Waals surface area contributed by atoms with Gasteiger partial charge in [0.15, 0.2) is 0 Å². The maximum atomic E-state index is 12.2. The van der Waals surface area contributed by atoms with Gasteiger partial charge in [-0.25, -0.2) is 4.98 Å². The molecule has 1 fully saturated rings. The van der Waals surface area contributed by atoms with Crippen LogP contribution in [0.4, 0.5) is 5.82 Å². The maximum Gasteiger partial charge on any atom is 0.144 e. The fraction of sp³-hybridized carbons (Fsp3) is 0.538. The van der Waals surface area contributed by atoms with Gasteiger partial charge in [0.25, 0.3) is 0 Å². The SMILES string of the molecule is CCNC1COCC1C(=O)Cc1cccnc1N. The fourth-order valence-corrected chi connectivity index (χ4v) is 2.25. The minimum Gasteiger partial charge on any atom is -0.383 e. The zero-order valence-electron chi connectivity index (χ0n) is 10.6. The van der Waals surface area contributed by atoms with E-state index in [-0.39, 0.29) is 17.7 Å². The lowest BCUT2D eigenvalue weighted by Crippen LogP contribution is -2.39. The summed E-state index contributed by atoms with van der Waals surface area (Å²) in [5.41, 5.74) is 6.55. The van der Waals surface area contributed by atoms with E-state index < -0.39 is 0 Å². The molecule has 1 aliphatic heterocycles. The van der Waals surface area contributed by atoms with E-state index in [4.69, 9.17) is 10.5 Å². The molecule has 1 aliphatic rings. The van der Waals surface area contributed by atoms with Crippen LogP contribution < -0.4 is 11.1 Å². The first kappa shape index (κ1) is 13.0. The van der Waals surface area contributed by atoms with Gasteiger partial charge >= 0.3 is 0 Å². The van der Waals surface area contributed by atoms with Crippen molar-refractivity contribution >= 4 is 11.6 Å². The molecule has 2 rings (SSSR count). The molecule has 0 radical (unpaired) electrons. The molecule has 3 N–H and O–H groups in total. The fourth-order valence-electron chi connectivity index (χ4n) is 2.25. The van der Waals surface area contributed by atoms with Crippen molar-refractivity contribution < 1.29 is 9.53 Å². The van der Waals surface area contributed by atoms with Crippen LogP contribution >= 0.6 is 0 Å². The van der Waals surface area contributed by atoms with Crippen molar-refractivity contribution in [3.05, 3.63) is 23.9 Å². The second-order valence-electron chi connectivity index (χ2n) is 4.50. The highest BCUT2D eigenvalue weighted by molar-refractivity contribution is 5.85. The van der Waals surface area contributed by atoms with Crippen molar-refractivity contribution in [3.8, 4) is 0 Å². The average Bonchev–Trinajstić information content (AvgIpc) is 2.81. The minimum atomic E-state index is -0.0791. The van der Waals surface area contributed by atoms with Gasteiger partial charge in [-0.3, -0.25) is 4.79 Å². The van der Waals surface area contributed by atoms with Gasteiger partial charge in [0.2, 0.25) is 0 Å². The van der Waals surface area contributed by atoms with Crippen molar-refractivity contribution in [1.29, 1.82) is 0 Å². The van der Waals surface area contributed by atoms with Gasteiger partial charge < -0.3 is 15.8 Å². The lowest BCUT2D eigenvalue weighted by molar-refractivity contribution is -0.122. The summed E-state index contributed by atoms with van der Waals surface area (Å²) in [4.78, 5) is 16.2. The molecule has 2 unspecified atom stereocenters. The highest BCUT2D eigenvalue weighted by atomic mass is 16.5. The highest BCUT2D eigenvalue weighted by Gasteiger charge is 2.33. The highest BCUT2D eigenvalue weighted by Crippen LogP contribution is 2.18. The summed E-state index contributed by atoms with van der Waals surface area (Å²) in [6, 6.07) is 3.77. The number of carbonyl (C=O) groups excluding carboxylic acids is 1. The van der Waals surface area contributed by atoms with Crippen molar-refractivity contribution in [2.24, 2.45) is 5.92 Å². The molecule has 0 saturated carbocycles. The number of carbonyl (C=O) groups is 1. The van der Waals surface area contributed by atoms with Crippen molar-refractivity contribution in [2.75, 3.05) is 25.5 Å². The first-order valence-electron chi connectivity index (χ1n) is 6.25. The first-order valence-corrected chi connectivity index (χ1v) is 6.25. The van der Waals surface area contributed by atoms with Crippen LogP contribution in [0.3, 0.4) is 0 Å². The number of rotatable bonds is 5. The molecule has 0 aliphatic carbocycles. The number of ketones is 1. The third-order valence-corrected chi connectivity index (χ3v) is 3.25. The monoisotopic (exact) mass is 249 g/mol. The van der Waals surface area contributed by atoms with Gasteiger partial charge in [0.1, 0.15) is 11.6 Å². The molecular weight excluding hydrogens is 230 g/mol. The van der Waals surface area contributed by atoms with E-state index in [2.05, 4.69) is 10.3 Å². The minimum absolute atomic E-state index is 0.0791. The number of nitrogens with zero attached hydrogens (tertiary/aromatic N) is 1. The second kappa shape index (κ2) is 5.93. The molecule has 0 aromatic carbocycles. The van der Waals surface area contributed by atoms with Crippen LogP contribution in [0.15, 0.2) is 18.3 Å². The van der Waals surface area contributed by atoms with E-state index in [1.54, 1.807) is 12.3 Å². The Kier molecular flexibility index (Phi) is 4.28. The number of nitrogen functional groups attached to an aromatic ring is 1. The summed E-state index contributed by atoms with van der Waals surface area (Å²) in [5, 5.41) is 3.28. The summed E-state index contributed by atoms with van der Waals surface area (Å²) in [7, 11) is 0. The maximum absolute atomic E-state index is 12.2. The Balaban J connectivity index is 2.01. The standard InChI is InChI=1S/C13H19N3O2/c1-2-15-11-8-18-7-10(11)12(17)6-9-4-3-5-16-13(9)14/h3-5,10-11,15H,2,6-8H2,1H3,(H2,14,16). The Morgan fingerprint density at radius 3 is 3.17 bits per heavy atom. The number of pyridine rings is 1. The molecule has 18 heavy (non-hydrogen) atoms. The summed E-state index contributed by atoms with van der Waals surface area (Å²) in [5.74, 6) is 0.521. The van der Waals surface area contributed by atoms with Gasteiger partial charge in [-0.15, -0.1) is 0 Å². The van der Waals surface area contributed by atoms with Crippen LogP contribution in [-0.4, -0.2) is 36.6 Å². The molecule has 98 valence electrons. The van der Waals surface area contributed by atoms with Crippen LogP contribution in [-0.2, 0) is 16.0 Å². The molecule has 0 spiro atoms. The Morgan fingerprint density at radius 2 is 2.44 bits per heavy atom. The summed E-state index contributed by atoms with van der Waals surface area (Å²) in [6.45, 7) is 3.97. The number of hydrogen-bond donors (Lipinski definition) is 2. The van der Waals surface area contributed by atoms with E-state index in [9.17, 15) is 4.79 Å². The van der Waals surface area contributed by atoms with E-state index in [0.717, 1.165) is 12.1 Å². The number of hydrogen-bond acceptors (Lipinski definition) is 5. The Labute approximate surface area is 107 Å². The predicted octanol–water partition coefficient (Wildman–Crippen LogP) is 0.400. The van der Waals surface area contributed by atoms with E-state index >= 15 is 0 Å². The third-order valence-electron chi connectivity index (χ3n) is 3.25. The van der Waals surface area contributed by atoms with Gasteiger partial charge in [0.05, 0.1) is 19.1 Å². The largest absolute Gasteiger partial charge is 0.383 e. The van der Waals surface area contributed by atoms with Crippen molar-refractivity contribution in [1.82, 2.24) is 10.3 Å². The van der Waals surface area contributed by atoms with E-state index in [0.29, 0.717) is 25.5 Å². The number of anilines is 1. The van der Waals surface area contributed by atoms with Gasteiger partial charge in [0, 0.05) is 24.2 Å². The van der Waals surface area contributed by atoms with Crippen LogP contribution in [0, 0.1) is 5.92 Å². The average molecular weight is 249 g/mol. The van der Waals surface area contributed by atoms with Crippen LogP contribution in [0.25, 0.3) is 0 Å². The lowest BCUT2D eigenvalue weighted by atomic mass is 9.94. The Bertz CT molecular complexity index is 422. The third kappa shape index (κ3) is 2.86. The molecule has 0 bridgehead atoms. The molecule has 5 heteroatoms.